The van der Waals surface area contributed by atoms with Gasteiger partial charge in [0.2, 0.25) is 0 Å². The summed E-state index contributed by atoms with van der Waals surface area (Å²) in [5.41, 5.74) is 0.668. The summed E-state index contributed by atoms with van der Waals surface area (Å²) in [5, 5.41) is 0. The van der Waals surface area contributed by atoms with Crippen molar-refractivity contribution in [3.05, 3.63) is 59.9 Å². The van der Waals surface area contributed by atoms with Gasteiger partial charge in [-0.25, -0.2) is 4.39 Å². The smallest absolute Gasteiger partial charge is 0.165 e. The van der Waals surface area contributed by atoms with Crippen LogP contribution in [0.15, 0.2) is 48.5 Å². The number of hydrogen-bond donors (Lipinski definition) is 0. The Hall–Kier alpha value is -2.16. The van der Waals surface area contributed by atoms with Gasteiger partial charge in [-0.2, -0.15) is 0 Å². The number of Topliss-reactive ketones (excluding diaryl/α,β-unsaturated/α-hetero) is 1. The Morgan fingerprint density at radius 3 is 1.89 bits per heavy atom. The number of carbonyl (C=O) groups is 1. The van der Waals surface area contributed by atoms with Crippen molar-refractivity contribution in [2.75, 3.05) is 0 Å². The molecule has 2 nitrogen and oxygen atoms in total. The van der Waals surface area contributed by atoms with E-state index < -0.39 is 0 Å². The van der Waals surface area contributed by atoms with Gasteiger partial charge in [0.1, 0.15) is 17.3 Å². The van der Waals surface area contributed by atoms with Gasteiger partial charge >= 0.3 is 0 Å². The van der Waals surface area contributed by atoms with Crippen molar-refractivity contribution in [2.24, 2.45) is 5.92 Å². The third-order valence-corrected chi connectivity index (χ3v) is 2.71. The largest absolute Gasteiger partial charge is 0.457 e. The van der Waals surface area contributed by atoms with Crippen LogP contribution in [0.25, 0.3) is 0 Å². The fraction of sp³-hybridized carbons (Fsp3) is 0.188. The average Bonchev–Trinajstić information content (AvgIpc) is 2.41. The van der Waals surface area contributed by atoms with Crippen LogP contribution in [-0.2, 0) is 0 Å². The summed E-state index contributed by atoms with van der Waals surface area (Å²) in [4.78, 5) is 11.8. The monoisotopic (exact) mass is 258 g/mol. The van der Waals surface area contributed by atoms with E-state index in [0.717, 1.165) is 0 Å². The molecule has 0 aromatic heterocycles. The van der Waals surface area contributed by atoms with Crippen molar-refractivity contribution >= 4 is 5.78 Å². The van der Waals surface area contributed by atoms with Gasteiger partial charge in [-0.3, -0.25) is 4.79 Å². The molecule has 0 aliphatic heterocycles. The van der Waals surface area contributed by atoms with Gasteiger partial charge in [-0.15, -0.1) is 0 Å². The summed E-state index contributed by atoms with van der Waals surface area (Å²) in [6.07, 6.45) is 0. The van der Waals surface area contributed by atoms with Crippen LogP contribution in [0, 0.1) is 11.7 Å². The minimum Gasteiger partial charge on any atom is -0.457 e. The van der Waals surface area contributed by atoms with Crippen LogP contribution >= 0.6 is 0 Å². The minimum atomic E-state index is -0.301. The van der Waals surface area contributed by atoms with E-state index in [1.807, 2.05) is 13.8 Å². The van der Waals surface area contributed by atoms with E-state index in [9.17, 15) is 9.18 Å². The lowest BCUT2D eigenvalue weighted by Gasteiger charge is -2.07. The Balaban J connectivity index is 2.10. The van der Waals surface area contributed by atoms with Gasteiger partial charge in [0.25, 0.3) is 0 Å². The molecule has 0 aliphatic rings. The number of halogens is 1. The summed E-state index contributed by atoms with van der Waals surface area (Å²) >= 11 is 0. The topological polar surface area (TPSA) is 26.3 Å². The first kappa shape index (κ1) is 13.3. The summed E-state index contributed by atoms with van der Waals surface area (Å²) in [7, 11) is 0. The molecule has 2 aromatic carbocycles. The molecule has 0 heterocycles. The van der Waals surface area contributed by atoms with Crippen LogP contribution in [0.3, 0.4) is 0 Å². The zero-order valence-corrected chi connectivity index (χ0v) is 10.9. The number of carbonyl (C=O) groups excluding carboxylic acids is 1. The van der Waals surface area contributed by atoms with E-state index in [0.29, 0.717) is 17.1 Å². The second-order valence-corrected chi connectivity index (χ2v) is 4.60. The fourth-order valence-corrected chi connectivity index (χ4v) is 1.66. The number of hydrogen-bond acceptors (Lipinski definition) is 2. The van der Waals surface area contributed by atoms with Crippen molar-refractivity contribution in [3.63, 3.8) is 0 Å². The second kappa shape index (κ2) is 5.65. The first-order valence-electron chi connectivity index (χ1n) is 6.14. The van der Waals surface area contributed by atoms with Gasteiger partial charge in [0.15, 0.2) is 5.78 Å². The van der Waals surface area contributed by atoms with Gasteiger partial charge < -0.3 is 4.74 Å². The molecule has 98 valence electrons. The highest BCUT2D eigenvalue weighted by Crippen LogP contribution is 2.22. The standard InChI is InChI=1S/C16H15FO2/c1-11(2)16(18)12-3-7-14(8-4-12)19-15-9-5-13(17)6-10-15/h3-11H,1-2H3. The van der Waals surface area contributed by atoms with Crippen LogP contribution < -0.4 is 4.74 Å². The average molecular weight is 258 g/mol. The normalized spacial score (nSPS) is 10.5. The molecule has 3 heteroatoms. The minimum absolute atomic E-state index is 0.0242. The van der Waals surface area contributed by atoms with Crippen molar-refractivity contribution < 1.29 is 13.9 Å². The molecule has 0 bridgehead atoms. The number of benzene rings is 2. The van der Waals surface area contributed by atoms with E-state index in [2.05, 4.69) is 0 Å². The van der Waals surface area contributed by atoms with Gasteiger partial charge in [0, 0.05) is 11.5 Å². The number of ketones is 1. The SMILES string of the molecule is CC(C)C(=O)c1ccc(Oc2ccc(F)cc2)cc1. The zero-order valence-electron chi connectivity index (χ0n) is 10.9. The van der Waals surface area contributed by atoms with E-state index in [1.54, 1.807) is 36.4 Å². The van der Waals surface area contributed by atoms with E-state index >= 15 is 0 Å². The fourth-order valence-electron chi connectivity index (χ4n) is 1.66. The Labute approximate surface area is 111 Å². The van der Waals surface area contributed by atoms with Crippen LogP contribution in [-0.4, -0.2) is 5.78 Å². The molecule has 0 unspecified atom stereocenters. The molecule has 0 saturated heterocycles. The number of rotatable bonds is 4. The van der Waals surface area contributed by atoms with Gasteiger partial charge in [-0.05, 0) is 48.5 Å². The Bertz CT molecular complexity index is 556. The molecule has 19 heavy (non-hydrogen) atoms. The Morgan fingerprint density at radius 2 is 1.42 bits per heavy atom. The predicted octanol–water partition coefficient (Wildman–Crippen LogP) is 4.46. The molecule has 0 radical (unpaired) electrons. The molecule has 2 rings (SSSR count). The van der Waals surface area contributed by atoms with Crippen LogP contribution in [0.5, 0.6) is 11.5 Å². The molecule has 0 aliphatic carbocycles. The van der Waals surface area contributed by atoms with Crippen molar-refractivity contribution in [2.45, 2.75) is 13.8 Å². The van der Waals surface area contributed by atoms with Crippen molar-refractivity contribution in [1.82, 2.24) is 0 Å². The molecule has 0 N–H and O–H groups in total. The summed E-state index contributed by atoms with van der Waals surface area (Å²) in [6, 6.07) is 12.7. The maximum atomic E-state index is 12.7. The van der Waals surface area contributed by atoms with E-state index in [-0.39, 0.29) is 17.5 Å². The van der Waals surface area contributed by atoms with Crippen LogP contribution in [0.2, 0.25) is 0 Å². The van der Waals surface area contributed by atoms with Gasteiger partial charge in [0.05, 0.1) is 0 Å². The van der Waals surface area contributed by atoms with Crippen molar-refractivity contribution in [3.8, 4) is 11.5 Å². The molecule has 0 amide bonds. The lowest BCUT2D eigenvalue weighted by molar-refractivity contribution is 0.0939. The molecule has 0 atom stereocenters. The van der Waals surface area contributed by atoms with E-state index in [4.69, 9.17) is 4.74 Å². The molecule has 2 aromatic rings. The molecular weight excluding hydrogens is 243 g/mol. The lowest BCUT2D eigenvalue weighted by atomic mass is 10.0. The molecule has 0 saturated carbocycles. The Kier molecular flexibility index (Phi) is 3.95. The lowest BCUT2D eigenvalue weighted by Crippen LogP contribution is -2.06. The quantitative estimate of drug-likeness (QED) is 0.757. The molecular formula is C16H15FO2. The maximum Gasteiger partial charge on any atom is 0.165 e. The Morgan fingerprint density at radius 1 is 0.947 bits per heavy atom. The van der Waals surface area contributed by atoms with Gasteiger partial charge in [-0.1, -0.05) is 13.8 Å². The summed E-state index contributed by atoms with van der Waals surface area (Å²) in [5.74, 6) is 0.957. The highest BCUT2D eigenvalue weighted by molar-refractivity contribution is 5.97. The van der Waals surface area contributed by atoms with E-state index in [1.165, 1.54) is 12.1 Å². The zero-order chi connectivity index (χ0) is 13.8. The van der Waals surface area contributed by atoms with Crippen molar-refractivity contribution in [1.29, 1.82) is 0 Å². The summed E-state index contributed by atoms with van der Waals surface area (Å²) in [6.45, 7) is 3.73. The molecule has 0 spiro atoms. The first-order valence-corrected chi connectivity index (χ1v) is 6.14. The highest BCUT2D eigenvalue weighted by Gasteiger charge is 2.10. The number of ether oxygens (including phenoxy) is 1. The third-order valence-electron chi connectivity index (χ3n) is 2.71. The summed E-state index contributed by atoms with van der Waals surface area (Å²) < 4.78 is 18.3. The van der Waals surface area contributed by atoms with Crippen LogP contribution in [0.4, 0.5) is 4.39 Å². The van der Waals surface area contributed by atoms with Crippen LogP contribution in [0.1, 0.15) is 24.2 Å². The second-order valence-electron chi connectivity index (χ2n) is 4.60. The molecule has 0 fully saturated rings. The first-order chi connectivity index (χ1) is 9.06. The predicted molar refractivity (Wildman–Crippen MR) is 72.1 cm³/mol. The maximum absolute atomic E-state index is 12.7. The third kappa shape index (κ3) is 3.41. The highest BCUT2D eigenvalue weighted by atomic mass is 19.1.